The molecular formula is C11H22O5Si. The summed E-state index contributed by atoms with van der Waals surface area (Å²) in [6.45, 7) is 4.56. The van der Waals surface area contributed by atoms with Gasteiger partial charge in [-0.05, 0) is 19.8 Å². The molecule has 0 rings (SSSR count). The van der Waals surface area contributed by atoms with E-state index in [4.69, 9.17) is 18.0 Å². The van der Waals surface area contributed by atoms with E-state index in [0.29, 0.717) is 13.2 Å². The molecule has 0 aromatic heterocycles. The minimum absolute atomic E-state index is 0.304. The van der Waals surface area contributed by atoms with Crippen molar-refractivity contribution >= 4 is 14.8 Å². The van der Waals surface area contributed by atoms with Gasteiger partial charge in [0, 0.05) is 33.4 Å². The van der Waals surface area contributed by atoms with Crippen LogP contribution in [0.1, 0.15) is 19.8 Å². The predicted molar refractivity (Wildman–Crippen MR) is 66.6 cm³/mol. The van der Waals surface area contributed by atoms with Gasteiger partial charge in [0.2, 0.25) is 0 Å². The molecule has 5 nitrogen and oxygen atoms in total. The first-order valence-electron chi connectivity index (χ1n) is 5.61. The van der Waals surface area contributed by atoms with E-state index in [1.165, 1.54) is 6.08 Å². The van der Waals surface area contributed by atoms with E-state index >= 15 is 0 Å². The summed E-state index contributed by atoms with van der Waals surface area (Å²) in [6.07, 6.45) is 4.62. The zero-order chi connectivity index (χ0) is 13.1. The summed E-state index contributed by atoms with van der Waals surface area (Å²) in [5, 5.41) is 0. The standard InChI is InChI=1S/C11H22O5Si/c1-5-8-11(12)15-9-6-7-10-16-17(4,13-2)14-3/h5,8H,6-7,9-10H2,1-4H3. The van der Waals surface area contributed by atoms with Gasteiger partial charge in [-0.3, -0.25) is 0 Å². The lowest BCUT2D eigenvalue weighted by atomic mass is 10.3. The molecule has 0 N–H and O–H groups in total. The summed E-state index contributed by atoms with van der Waals surface area (Å²) < 4.78 is 20.8. The molecule has 0 unspecified atom stereocenters. The Morgan fingerprint density at radius 2 is 1.76 bits per heavy atom. The monoisotopic (exact) mass is 262 g/mol. The maximum Gasteiger partial charge on any atom is 0.497 e. The molecule has 0 aliphatic heterocycles. The summed E-state index contributed by atoms with van der Waals surface area (Å²) in [5.74, 6) is -0.304. The van der Waals surface area contributed by atoms with Crippen molar-refractivity contribution in [3.63, 3.8) is 0 Å². The zero-order valence-electron chi connectivity index (χ0n) is 11.0. The molecule has 6 heteroatoms. The van der Waals surface area contributed by atoms with E-state index in [-0.39, 0.29) is 5.97 Å². The Bertz CT molecular complexity index is 238. The first-order valence-corrected chi connectivity index (χ1v) is 7.84. The van der Waals surface area contributed by atoms with E-state index in [1.807, 2.05) is 6.55 Å². The van der Waals surface area contributed by atoms with Crippen LogP contribution in [0, 0.1) is 0 Å². The van der Waals surface area contributed by atoms with Crippen LogP contribution in [0.5, 0.6) is 0 Å². The fourth-order valence-corrected chi connectivity index (χ4v) is 1.94. The largest absolute Gasteiger partial charge is 0.497 e. The molecule has 0 fully saturated rings. The topological polar surface area (TPSA) is 54.0 Å². The van der Waals surface area contributed by atoms with Gasteiger partial charge in [-0.2, -0.15) is 0 Å². The van der Waals surface area contributed by atoms with E-state index in [9.17, 15) is 4.79 Å². The molecule has 0 aliphatic carbocycles. The van der Waals surface area contributed by atoms with E-state index in [2.05, 4.69) is 0 Å². The molecule has 0 radical (unpaired) electrons. The Morgan fingerprint density at radius 3 is 2.29 bits per heavy atom. The van der Waals surface area contributed by atoms with Crippen LogP contribution in [0.2, 0.25) is 6.55 Å². The van der Waals surface area contributed by atoms with Crippen molar-refractivity contribution in [2.24, 2.45) is 0 Å². The van der Waals surface area contributed by atoms with Crippen LogP contribution in [-0.2, 0) is 22.8 Å². The van der Waals surface area contributed by atoms with Crippen LogP contribution >= 0.6 is 0 Å². The number of carbonyl (C=O) groups is 1. The smallest absolute Gasteiger partial charge is 0.463 e. The average molecular weight is 262 g/mol. The molecule has 0 bridgehead atoms. The van der Waals surface area contributed by atoms with Gasteiger partial charge in [-0.1, -0.05) is 6.08 Å². The van der Waals surface area contributed by atoms with Crippen LogP contribution in [0.25, 0.3) is 0 Å². The highest BCUT2D eigenvalue weighted by Crippen LogP contribution is 2.07. The highest BCUT2D eigenvalue weighted by Gasteiger charge is 2.31. The van der Waals surface area contributed by atoms with Crippen LogP contribution < -0.4 is 0 Å². The quantitative estimate of drug-likeness (QED) is 0.274. The molecule has 0 saturated carbocycles. The van der Waals surface area contributed by atoms with Crippen molar-refractivity contribution in [2.75, 3.05) is 27.4 Å². The zero-order valence-corrected chi connectivity index (χ0v) is 12.0. The Labute approximate surface area is 104 Å². The number of hydrogen-bond donors (Lipinski definition) is 0. The van der Waals surface area contributed by atoms with Gasteiger partial charge < -0.3 is 18.0 Å². The maximum atomic E-state index is 11.0. The van der Waals surface area contributed by atoms with E-state index in [1.54, 1.807) is 27.2 Å². The number of ether oxygens (including phenoxy) is 1. The number of allylic oxidation sites excluding steroid dienone is 1. The first kappa shape index (κ1) is 16.3. The third kappa shape index (κ3) is 8.09. The minimum atomic E-state index is -2.41. The summed E-state index contributed by atoms with van der Waals surface area (Å²) in [4.78, 5) is 11.0. The molecular weight excluding hydrogens is 240 g/mol. The summed E-state index contributed by atoms with van der Waals surface area (Å²) in [7, 11) is 0.745. The van der Waals surface area contributed by atoms with Crippen molar-refractivity contribution < 1.29 is 22.8 Å². The fourth-order valence-electron chi connectivity index (χ4n) is 1.02. The van der Waals surface area contributed by atoms with Crippen molar-refractivity contribution in [3.8, 4) is 0 Å². The van der Waals surface area contributed by atoms with Gasteiger partial charge in [0.15, 0.2) is 0 Å². The van der Waals surface area contributed by atoms with Gasteiger partial charge in [-0.25, -0.2) is 4.79 Å². The Hall–Kier alpha value is -0.693. The van der Waals surface area contributed by atoms with Crippen LogP contribution in [0.15, 0.2) is 12.2 Å². The van der Waals surface area contributed by atoms with E-state index in [0.717, 1.165) is 12.8 Å². The van der Waals surface area contributed by atoms with Gasteiger partial charge in [-0.15, -0.1) is 0 Å². The second kappa shape index (κ2) is 9.35. The second-order valence-corrected chi connectivity index (χ2v) is 6.32. The maximum absolute atomic E-state index is 11.0. The normalized spacial score (nSPS) is 12.0. The van der Waals surface area contributed by atoms with Gasteiger partial charge in [0.05, 0.1) is 6.61 Å². The number of unbranched alkanes of at least 4 members (excludes halogenated alkanes) is 1. The fraction of sp³-hybridized carbons (Fsp3) is 0.727. The van der Waals surface area contributed by atoms with Crippen molar-refractivity contribution in [1.82, 2.24) is 0 Å². The predicted octanol–water partition coefficient (Wildman–Crippen LogP) is 1.76. The highest BCUT2D eigenvalue weighted by atomic mass is 28.4. The van der Waals surface area contributed by atoms with Gasteiger partial charge >= 0.3 is 14.8 Å². The lowest BCUT2D eigenvalue weighted by Crippen LogP contribution is -2.40. The lowest BCUT2D eigenvalue weighted by Gasteiger charge is -2.21. The van der Waals surface area contributed by atoms with Gasteiger partial charge in [0.1, 0.15) is 0 Å². The second-order valence-electron chi connectivity index (χ2n) is 3.49. The molecule has 0 saturated heterocycles. The van der Waals surface area contributed by atoms with Crippen LogP contribution in [-0.4, -0.2) is 42.2 Å². The minimum Gasteiger partial charge on any atom is -0.463 e. The van der Waals surface area contributed by atoms with Crippen molar-refractivity contribution in [3.05, 3.63) is 12.2 Å². The van der Waals surface area contributed by atoms with Gasteiger partial charge in [0.25, 0.3) is 0 Å². The van der Waals surface area contributed by atoms with Crippen molar-refractivity contribution in [2.45, 2.75) is 26.3 Å². The van der Waals surface area contributed by atoms with Crippen LogP contribution in [0.3, 0.4) is 0 Å². The number of esters is 1. The highest BCUT2D eigenvalue weighted by molar-refractivity contribution is 6.59. The molecule has 100 valence electrons. The Morgan fingerprint density at radius 1 is 1.18 bits per heavy atom. The SMILES string of the molecule is CC=CC(=O)OCCCCO[Si](C)(OC)OC. The molecule has 0 spiro atoms. The molecule has 17 heavy (non-hydrogen) atoms. The average Bonchev–Trinajstić information content (AvgIpc) is 2.33. The summed E-state index contributed by atoms with van der Waals surface area (Å²) in [6, 6.07) is 0. The molecule has 0 amide bonds. The number of carbonyl (C=O) groups excluding carboxylic acids is 1. The summed E-state index contributed by atoms with van der Waals surface area (Å²) >= 11 is 0. The molecule has 0 heterocycles. The molecule has 0 atom stereocenters. The number of hydrogen-bond acceptors (Lipinski definition) is 5. The molecule has 0 aromatic carbocycles. The Balaban J connectivity index is 3.50. The number of rotatable bonds is 9. The Kier molecular flexibility index (Phi) is 8.97. The first-order chi connectivity index (χ1) is 8.08. The van der Waals surface area contributed by atoms with Crippen LogP contribution in [0.4, 0.5) is 0 Å². The lowest BCUT2D eigenvalue weighted by molar-refractivity contribution is -0.137. The molecule has 0 aromatic rings. The third-order valence-electron chi connectivity index (χ3n) is 2.19. The van der Waals surface area contributed by atoms with Crippen molar-refractivity contribution in [1.29, 1.82) is 0 Å². The third-order valence-corrected chi connectivity index (χ3v) is 4.40. The van der Waals surface area contributed by atoms with E-state index < -0.39 is 8.80 Å². The molecule has 0 aliphatic rings. The summed E-state index contributed by atoms with van der Waals surface area (Å²) in [5.41, 5.74) is 0.